The Hall–Kier alpha value is -3.76. The van der Waals surface area contributed by atoms with E-state index in [4.69, 9.17) is 21.1 Å². The zero-order valence-electron chi connectivity index (χ0n) is 26.2. The minimum atomic E-state index is -3.67. The van der Waals surface area contributed by atoms with E-state index >= 15 is 0 Å². The molecule has 1 aliphatic carbocycles. The molecule has 9 nitrogen and oxygen atoms in total. The normalized spacial score (nSPS) is 15.5. The second kappa shape index (κ2) is 15.7. The van der Waals surface area contributed by atoms with Crippen molar-refractivity contribution in [3.8, 4) is 11.5 Å². The van der Waals surface area contributed by atoms with Gasteiger partial charge >= 0.3 is 0 Å². The minimum absolute atomic E-state index is 0.0478. The van der Waals surface area contributed by atoms with E-state index in [0.29, 0.717) is 41.8 Å². The van der Waals surface area contributed by atoms with Crippen LogP contribution in [-0.4, -0.2) is 63.2 Å². The molecule has 0 aromatic heterocycles. The molecule has 11 heteroatoms. The van der Waals surface area contributed by atoms with Crippen LogP contribution in [0.3, 0.4) is 0 Å². The summed E-state index contributed by atoms with van der Waals surface area (Å²) in [6, 6.07) is 21.3. The molecule has 1 unspecified atom stereocenters. The lowest BCUT2D eigenvalue weighted by atomic mass is 9.94. The zero-order valence-corrected chi connectivity index (χ0v) is 27.8. The van der Waals surface area contributed by atoms with Gasteiger partial charge in [0.05, 0.1) is 11.9 Å². The summed E-state index contributed by atoms with van der Waals surface area (Å²) < 4.78 is 38.3. The fourth-order valence-corrected chi connectivity index (χ4v) is 7.16. The summed E-state index contributed by atoms with van der Waals surface area (Å²) in [4.78, 5) is 29.7. The lowest BCUT2D eigenvalue weighted by Crippen LogP contribution is -2.52. The Morgan fingerprint density at radius 3 is 2.30 bits per heavy atom. The molecular weight excluding hydrogens is 626 g/mol. The molecule has 0 bridgehead atoms. The van der Waals surface area contributed by atoms with Crippen LogP contribution in [0.5, 0.6) is 11.5 Å². The van der Waals surface area contributed by atoms with Crippen molar-refractivity contribution in [3.63, 3.8) is 0 Å². The third kappa shape index (κ3) is 9.16. The van der Waals surface area contributed by atoms with E-state index in [1.165, 1.54) is 4.31 Å². The highest BCUT2D eigenvalue weighted by Gasteiger charge is 2.32. The van der Waals surface area contributed by atoms with Crippen LogP contribution < -0.4 is 19.1 Å². The molecule has 46 heavy (non-hydrogen) atoms. The first kappa shape index (κ1) is 33.6. The van der Waals surface area contributed by atoms with E-state index < -0.39 is 16.1 Å². The van der Waals surface area contributed by atoms with Crippen LogP contribution in [0.2, 0.25) is 5.02 Å². The molecule has 0 radical (unpaired) electrons. The predicted octanol–water partition coefficient (Wildman–Crippen LogP) is 5.75. The van der Waals surface area contributed by atoms with Crippen LogP contribution in [0.1, 0.15) is 56.1 Å². The molecule has 1 saturated carbocycles. The first-order valence-corrected chi connectivity index (χ1v) is 18.2. The monoisotopic (exact) mass is 667 g/mol. The molecule has 0 spiro atoms. The number of hydrogen-bond donors (Lipinski definition) is 1. The smallest absolute Gasteiger partial charge is 0.243 e. The van der Waals surface area contributed by atoms with Gasteiger partial charge in [-0.2, -0.15) is 0 Å². The van der Waals surface area contributed by atoms with E-state index in [9.17, 15) is 18.0 Å². The van der Waals surface area contributed by atoms with Gasteiger partial charge in [0.15, 0.2) is 11.5 Å². The SMILES string of the molecule is CS(=O)(=O)N(CCCC(=O)N(Cc1ccc(Cl)cc1)C(Cc1ccccc1)C(=O)NC1CCCCC1)c1ccc2c(c1)OCCO2. The lowest BCUT2D eigenvalue weighted by molar-refractivity contribution is -0.141. The topological polar surface area (TPSA) is 105 Å². The average molecular weight is 668 g/mol. The molecule has 5 rings (SSSR count). The second-order valence-electron chi connectivity index (χ2n) is 12.0. The molecule has 1 fully saturated rings. The molecule has 3 aromatic carbocycles. The Bertz CT molecular complexity index is 1580. The van der Waals surface area contributed by atoms with E-state index in [1.54, 1.807) is 35.2 Å². The Morgan fingerprint density at radius 2 is 1.61 bits per heavy atom. The van der Waals surface area contributed by atoms with Gasteiger partial charge in [-0.05, 0) is 54.7 Å². The first-order valence-electron chi connectivity index (χ1n) is 15.9. The minimum Gasteiger partial charge on any atom is -0.486 e. The van der Waals surface area contributed by atoms with E-state index in [0.717, 1.165) is 49.5 Å². The van der Waals surface area contributed by atoms with Crippen molar-refractivity contribution in [2.75, 3.05) is 30.3 Å². The highest BCUT2D eigenvalue weighted by atomic mass is 35.5. The number of sulfonamides is 1. The fraction of sp³-hybridized carbons (Fsp3) is 0.429. The summed E-state index contributed by atoms with van der Waals surface area (Å²) in [6.07, 6.45) is 6.95. The predicted molar refractivity (Wildman–Crippen MR) is 180 cm³/mol. The number of hydrogen-bond acceptors (Lipinski definition) is 6. The Labute approximate surface area is 276 Å². The van der Waals surface area contributed by atoms with Crippen molar-refractivity contribution in [3.05, 3.63) is 88.9 Å². The van der Waals surface area contributed by atoms with Crippen LogP contribution in [-0.2, 0) is 32.6 Å². The molecule has 1 aliphatic heterocycles. The number of amides is 2. The van der Waals surface area contributed by atoms with E-state index in [1.807, 2.05) is 42.5 Å². The van der Waals surface area contributed by atoms with Gasteiger partial charge in [0.1, 0.15) is 19.3 Å². The number of nitrogens with zero attached hydrogens (tertiary/aromatic N) is 2. The summed E-state index contributed by atoms with van der Waals surface area (Å²) in [5.41, 5.74) is 2.23. The number of benzene rings is 3. The highest BCUT2D eigenvalue weighted by Crippen LogP contribution is 2.35. The van der Waals surface area contributed by atoms with Crippen LogP contribution in [0, 0.1) is 0 Å². The van der Waals surface area contributed by atoms with Crippen LogP contribution >= 0.6 is 11.6 Å². The Balaban J connectivity index is 1.37. The quantitative estimate of drug-likeness (QED) is 0.249. The highest BCUT2D eigenvalue weighted by molar-refractivity contribution is 7.92. The van der Waals surface area contributed by atoms with Gasteiger partial charge in [-0.3, -0.25) is 13.9 Å². The molecule has 1 N–H and O–H groups in total. The third-order valence-electron chi connectivity index (χ3n) is 8.45. The average Bonchev–Trinajstić information content (AvgIpc) is 3.05. The fourth-order valence-electron chi connectivity index (χ4n) is 6.08. The number of carbonyl (C=O) groups excluding carboxylic acids is 2. The number of nitrogens with one attached hydrogen (secondary N) is 1. The van der Waals surface area contributed by atoms with Crippen molar-refractivity contribution in [1.82, 2.24) is 10.2 Å². The molecule has 1 heterocycles. The molecular formula is C35H42ClN3O6S. The van der Waals surface area contributed by atoms with Crippen molar-refractivity contribution in [1.29, 1.82) is 0 Å². The van der Waals surface area contributed by atoms with Crippen LogP contribution in [0.15, 0.2) is 72.8 Å². The molecule has 3 aromatic rings. The maximum atomic E-state index is 14.1. The summed E-state index contributed by atoms with van der Waals surface area (Å²) in [5, 5.41) is 3.83. The number of halogens is 1. The summed E-state index contributed by atoms with van der Waals surface area (Å²) in [6.45, 7) is 1.10. The molecule has 246 valence electrons. The van der Waals surface area contributed by atoms with Crippen molar-refractivity contribution in [2.24, 2.45) is 0 Å². The molecule has 2 aliphatic rings. The van der Waals surface area contributed by atoms with Gasteiger partial charge in [-0.1, -0.05) is 73.3 Å². The van der Waals surface area contributed by atoms with E-state index in [2.05, 4.69) is 5.32 Å². The second-order valence-corrected chi connectivity index (χ2v) is 14.3. The zero-order chi connectivity index (χ0) is 32.5. The van der Waals surface area contributed by atoms with Gasteiger partial charge in [-0.15, -0.1) is 0 Å². The maximum Gasteiger partial charge on any atom is 0.243 e. The standard InChI is InChI=1S/C35H42ClN3O6S/c1-46(42,43)39(30-18-19-32-33(24-30)45-22-21-44-32)20-8-13-34(40)38(25-27-14-16-28(36)17-15-27)31(23-26-9-4-2-5-10-26)35(41)37-29-11-6-3-7-12-29/h2,4-5,9-10,14-19,24,29,31H,3,6-8,11-13,20-23,25H2,1H3,(H,37,41). The van der Waals surface area contributed by atoms with Crippen LogP contribution in [0.25, 0.3) is 0 Å². The Kier molecular flexibility index (Phi) is 11.5. The first-order chi connectivity index (χ1) is 22.2. The third-order valence-corrected chi connectivity index (χ3v) is 9.90. The lowest BCUT2D eigenvalue weighted by Gasteiger charge is -2.34. The Morgan fingerprint density at radius 1 is 0.913 bits per heavy atom. The molecule has 0 saturated heterocycles. The molecule has 1 atom stereocenters. The van der Waals surface area contributed by atoms with Crippen molar-refractivity contribution >= 4 is 39.1 Å². The van der Waals surface area contributed by atoms with E-state index in [-0.39, 0.29) is 43.8 Å². The van der Waals surface area contributed by atoms with Crippen LogP contribution in [0.4, 0.5) is 5.69 Å². The van der Waals surface area contributed by atoms with Gasteiger partial charge in [0, 0.05) is 43.1 Å². The maximum absolute atomic E-state index is 14.1. The van der Waals surface area contributed by atoms with Gasteiger partial charge in [-0.25, -0.2) is 8.42 Å². The van der Waals surface area contributed by atoms with Crippen molar-refractivity contribution in [2.45, 2.75) is 70.0 Å². The number of rotatable bonds is 13. The number of fused-ring (bicyclic) bond motifs is 1. The summed E-state index contributed by atoms with van der Waals surface area (Å²) in [7, 11) is -3.67. The number of carbonyl (C=O) groups is 2. The van der Waals surface area contributed by atoms with Gasteiger partial charge in [0.2, 0.25) is 21.8 Å². The summed E-state index contributed by atoms with van der Waals surface area (Å²) in [5.74, 6) is 0.639. The largest absolute Gasteiger partial charge is 0.486 e. The summed E-state index contributed by atoms with van der Waals surface area (Å²) >= 11 is 6.15. The number of anilines is 1. The van der Waals surface area contributed by atoms with Gasteiger partial charge in [0.25, 0.3) is 0 Å². The molecule has 2 amide bonds. The number of ether oxygens (including phenoxy) is 2. The van der Waals surface area contributed by atoms with Gasteiger partial charge < -0.3 is 19.7 Å². The van der Waals surface area contributed by atoms with Crippen molar-refractivity contribution < 1.29 is 27.5 Å².